The van der Waals surface area contributed by atoms with Crippen LogP contribution in [0.25, 0.3) is 0 Å². The van der Waals surface area contributed by atoms with E-state index in [2.05, 4.69) is 0 Å². The minimum absolute atomic E-state index is 0.0214. The molecule has 5 heteroatoms. The Morgan fingerprint density at radius 1 is 1.44 bits per heavy atom. The lowest BCUT2D eigenvalue weighted by molar-refractivity contribution is -0.131. The van der Waals surface area contributed by atoms with E-state index in [1.165, 1.54) is 6.07 Å². The number of carbonyl (C=O) groups is 2. The smallest absolute Gasteiger partial charge is 0.377 e. The van der Waals surface area contributed by atoms with Gasteiger partial charge in [-0.25, -0.2) is 4.79 Å². The fraction of sp³-hybridized carbons (Fsp3) is 0.385. The van der Waals surface area contributed by atoms with Gasteiger partial charge in [-0.3, -0.25) is 4.79 Å². The van der Waals surface area contributed by atoms with Crippen LogP contribution in [-0.2, 0) is 4.79 Å². The molecular weight excluding hydrogens is 256 g/mol. The summed E-state index contributed by atoms with van der Waals surface area (Å²) in [5, 5.41) is 9.06. The van der Waals surface area contributed by atoms with Crippen LogP contribution in [0.5, 0.6) is 5.75 Å². The summed E-state index contributed by atoms with van der Waals surface area (Å²) in [5.74, 6) is -1.82. The number of carbonyl (C=O) groups excluding carboxylic acids is 1. The van der Waals surface area contributed by atoms with Crippen molar-refractivity contribution in [1.29, 1.82) is 0 Å². The summed E-state index contributed by atoms with van der Waals surface area (Å²) in [6.07, 6.45) is 2.21. The van der Waals surface area contributed by atoms with Gasteiger partial charge in [-0.2, -0.15) is 0 Å². The highest BCUT2D eigenvalue weighted by Gasteiger charge is 2.26. The van der Waals surface area contributed by atoms with Crippen molar-refractivity contribution in [2.75, 3.05) is 6.61 Å². The number of aryl methyl sites for hydroxylation is 1. The Balaban J connectivity index is 2.33. The van der Waals surface area contributed by atoms with E-state index >= 15 is 0 Å². The van der Waals surface area contributed by atoms with E-state index in [0.29, 0.717) is 12.5 Å². The standard InChI is InChI=1S/C13H13ClO4/c1-7-4-9(11(15)13(16)17)12(10(14)5-7)18-6-8-2-3-8/h4-5,8H,2-3,6H2,1H3,(H,16,17). The zero-order valence-electron chi connectivity index (χ0n) is 9.90. The van der Waals surface area contributed by atoms with E-state index in [-0.39, 0.29) is 16.3 Å². The summed E-state index contributed by atoms with van der Waals surface area (Å²) in [7, 11) is 0. The van der Waals surface area contributed by atoms with Gasteiger partial charge in [-0.15, -0.1) is 0 Å². The van der Waals surface area contributed by atoms with Crippen molar-refractivity contribution < 1.29 is 19.4 Å². The topological polar surface area (TPSA) is 63.6 Å². The minimum Gasteiger partial charge on any atom is -0.491 e. The molecule has 2 rings (SSSR count). The number of ether oxygens (including phenoxy) is 1. The van der Waals surface area contributed by atoms with Gasteiger partial charge in [0.25, 0.3) is 5.78 Å². The van der Waals surface area contributed by atoms with Crippen LogP contribution >= 0.6 is 11.6 Å². The maximum atomic E-state index is 11.6. The monoisotopic (exact) mass is 268 g/mol. The number of carboxylic acids is 1. The van der Waals surface area contributed by atoms with E-state index in [9.17, 15) is 9.59 Å². The lowest BCUT2D eigenvalue weighted by Crippen LogP contribution is -2.15. The Morgan fingerprint density at radius 2 is 2.11 bits per heavy atom. The largest absolute Gasteiger partial charge is 0.491 e. The maximum Gasteiger partial charge on any atom is 0.377 e. The van der Waals surface area contributed by atoms with E-state index in [1.54, 1.807) is 13.0 Å². The first-order valence-corrected chi connectivity index (χ1v) is 6.07. The van der Waals surface area contributed by atoms with Crippen LogP contribution in [-0.4, -0.2) is 23.5 Å². The summed E-state index contributed by atoms with van der Waals surface area (Å²) >= 11 is 6.02. The second kappa shape index (κ2) is 4.98. The van der Waals surface area contributed by atoms with Crippen molar-refractivity contribution in [3.05, 3.63) is 28.3 Å². The molecule has 0 amide bonds. The van der Waals surface area contributed by atoms with Crippen LogP contribution in [0.2, 0.25) is 5.02 Å². The van der Waals surface area contributed by atoms with Crippen LogP contribution in [0.3, 0.4) is 0 Å². The van der Waals surface area contributed by atoms with Crippen LogP contribution < -0.4 is 4.74 Å². The molecule has 1 aliphatic carbocycles. The normalized spacial score (nSPS) is 14.3. The quantitative estimate of drug-likeness (QED) is 0.659. The van der Waals surface area contributed by atoms with Crippen LogP contribution in [0.15, 0.2) is 12.1 Å². The van der Waals surface area contributed by atoms with Crippen molar-refractivity contribution in [3.63, 3.8) is 0 Å². The maximum absolute atomic E-state index is 11.6. The van der Waals surface area contributed by atoms with Gasteiger partial charge in [0.1, 0.15) is 5.75 Å². The van der Waals surface area contributed by atoms with Crippen molar-refractivity contribution in [3.8, 4) is 5.75 Å². The number of hydrogen-bond donors (Lipinski definition) is 1. The van der Waals surface area contributed by atoms with E-state index in [4.69, 9.17) is 21.4 Å². The van der Waals surface area contributed by atoms with Crippen LogP contribution in [0.1, 0.15) is 28.8 Å². The van der Waals surface area contributed by atoms with Gasteiger partial charge < -0.3 is 9.84 Å². The van der Waals surface area contributed by atoms with Gasteiger partial charge >= 0.3 is 5.97 Å². The molecule has 1 saturated carbocycles. The van der Waals surface area contributed by atoms with E-state index < -0.39 is 11.8 Å². The van der Waals surface area contributed by atoms with Crippen LogP contribution in [0.4, 0.5) is 0 Å². The van der Waals surface area contributed by atoms with Gasteiger partial charge in [0, 0.05) is 0 Å². The molecule has 1 N–H and O–H groups in total. The number of carboxylic acid groups (broad SMARTS) is 1. The molecule has 18 heavy (non-hydrogen) atoms. The van der Waals surface area contributed by atoms with Crippen molar-refractivity contribution >= 4 is 23.4 Å². The van der Waals surface area contributed by atoms with Gasteiger partial charge in [0.2, 0.25) is 0 Å². The van der Waals surface area contributed by atoms with Crippen molar-refractivity contribution in [2.24, 2.45) is 5.92 Å². The van der Waals surface area contributed by atoms with Crippen molar-refractivity contribution in [1.82, 2.24) is 0 Å². The number of ketones is 1. The molecule has 0 atom stereocenters. The molecule has 0 heterocycles. The predicted molar refractivity (Wildman–Crippen MR) is 66.4 cm³/mol. The first kappa shape index (κ1) is 12.9. The summed E-state index contributed by atoms with van der Waals surface area (Å²) in [6.45, 7) is 2.22. The van der Waals surface area contributed by atoms with Gasteiger partial charge in [-0.05, 0) is 43.4 Å². The molecule has 1 aromatic carbocycles. The molecule has 0 aliphatic heterocycles. The van der Waals surface area contributed by atoms with Crippen LogP contribution in [0, 0.1) is 12.8 Å². The molecule has 4 nitrogen and oxygen atoms in total. The predicted octanol–water partition coefficient (Wildman–Crippen LogP) is 2.70. The second-order valence-corrected chi connectivity index (χ2v) is 4.92. The first-order chi connectivity index (χ1) is 8.49. The first-order valence-electron chi connectivity index (χ1n) is 5.69. The molecule has 0 unspecified atom stereocenters. The number of aliphatic carboxylic acids is 1. The SMILES string of the molecule is Cc1cc(Cl)c(OCC2CC2)c(C(=O)C(=O)O)c1. The lowest BCUT2D eigenvalue weighted by atomic mass is 10.1. The number of halogens is 1. The Morgan fingerprint density at radius 3 is 2.67 bits per heavy atom. The molecule has 1 aromatic rings. The number of benzene rings is 1. The number of rotatable bonds is 5. The fourth-order valence-corrected chi connectivity index (χ4v) is 1.97. The average molecular weight is 269 g/mol. The summed E-state index contributed by atoms with van der Waals surface area (Å²) in [4.78, 5) is 22.4. The summed E-state index contributed by atoms with van der Waals surface area (Å²) in [5.41, 5.74) is 0.747. The average Bonchev–Trinajstić information content (AvgIpc) is 3.09. The number of hydrogen-bond acceptors (Lipinski definition) is 3. The Bertz CT molecular complexity index is 506. The summed E-state index contributed by atoms with van der Waals surface area (Å²) in [6, 6.07) is 3.15. The Labute approximate surface area is 110 Å². The molecule has 1 aliphatic rings. The third kappa shape index (κ3) is 2.82. The highest BCUT2D eigenvalue weighted by Crippen LogP contribution is 2.34. The molecule has 96 valence electrons. The highest BCUT2D eigenvalue weighted by atomic mass is 35.5. The Kier molecular flexibility index (Phi) is 3.57. The Hall–Kier alpha value is -1.55. The third-order valence-electron chi connectivity index (χ3n) is 2.79. The van der Waals surface area contributed by atoms with E-state index in [0.717, 1.165) is 18.4 Å². The zero-order chi connectivity index (χ0) is 13.3. The molecule has 0 radical (unpaired) electrons. The van der Waals surface area contributed by atoms with Gasteiger partial charge in [0.15, 0.2) is 0 Å². The highest BCUT2D eigenvalue weighted by molar-refractivity contribution is 6.42. The molecule has 0 spiro atoms. The second-order valence-electron chi connectivity index (χ2n) is 4.51. The molecule has 1 fully saturated rings. The molecule has 0 aromatic heterocycles. The fourth-order valence-electron chi connectivity index (χ4n) is 1.65. The summed E-state index contributed by atoms with van der Waals surface area (Å²) < 4.78 is 5.50. The van der Waals surface area contributed by atoms with E-state index in [1.807, 2.05) is 0 Å². The molecule has 0 saturated heterocycles. The van der Waals surface area contributed by atoms with Gasteiger partial charge in [0.05, 0.1) is 17.2 Å². The van der Waals surface area contributed by atoms with Gasteiger partial charge in [-0.1, -0.05) is 11.6 Å². The van der Waals surface area contributed by atoms with Crippen molar-refractivity contribution in [2.45, 2.75) is 19.8 Å². The number of Topliss-reactive ketones (excluding diaryl/α,β-unsaturated/α-hetero) is 1. The molecular formula is C13H13ClO4. The minimum atomic E-state index is -1.51. The lowest BCUT2D eigenvalue weighted by Gasteiger charge is -2.12. The molecule has 0 bridgehead atoms. The zero-order valence-corrected chi connectivity index (χ0v) is 10.7. The third-order valence-corrected chi connectivity index (χ3v) is 3.07.